The second-order valence-corrected chi connectivity index (χ2v) is 5.38. The SMILES string of the molecule is CN(CC1CCC1)C(=O)Nc1ccc(CC(=O)O)cc1. The molecule has 1 saturated carbocycles. The highest BCUT2D eigenvalue weighted by Crippen LogP contribution is 2.26. The molecule has 1 aliphatic carbocycles. The van der Waals surface area contributed by atoms with E-state index in [1.807, 2.05) is 0 Å². The molecule has 108 valence electrons. The zero-order chi connectivity index (χ0) is 14.5. The number of urea groups is 1. The van der Waals surface area contributed by atoms with Crippen molar-refractivity contribution < 1.29 is 14.7 Å². The van der Waals surface area contributed by atoms with Gasteiger partial charge in [-0.1, -0.05) is 18.6 Å². The predicted octanol–water partition coefficient (Wildman–Crippen LogP) is 2.58. The standard InChI is InChI=1S/C15H20N2O3/c1-17(10-12-3-2-4-12)15(20)16-13-7-5-11(6-8-13)9-14(18)19/h5-8,12H,2-4,9-10H2,1H3,(H,16,20)(H,18,19). The first kappa shape index (κ1) is 14.4. The van der Waals surface area contributed by atoms with E-state index in [0.717, 1.165) is 12.1 Å². The van der Waals surface area contributed by atoms with E-state index in [0.29, 0.717) is 11.6 Å². The zero-order valence-corrected chi connectivity index (χ0v) is 11.6. The number of carboxylic acids is 1. The Bertz CT molecular complexity index is 480. The van der Waals surface area contributed by atoms with Crippen LogP contribution in [0.2, 0.25) is 0 Å². The molecule has 0 spiro atoms. The lowest BCUT2D eigenvalue weighted by Gasteiger charge is -2.30. The van der Waals surface area contributed by atoms with Crippen molar-refractivity contribution in [2.24, 2.45) is 5.92 Å². The second-order valence-electron chi connectivity index (χ2n) is 5.38. The molecule has 5 nitrogen and oxygen atoms in total. The van der Waals surface area contributed by atoms with Gasteiger partial charge in [0.15, 0.2) is 0 Å². The highest BCUT2D eigenvalue weighted by Gasteiger charge is 2.21. The van der Waals surface area contributed by atoms with Gasteiger partial charge in [0.2, 0.25) is 0 Å². The molecule has 0 aromatic heterocycles. The van der Waals surface area contributed by atoms with E-state index in [2.05, 4.69) is 5.32 Å². The molecule has 0 atom stereocenters. The quantitative estimate of drug-likeness (QED) is 0.868. The topological polar surface area (TPSA) is 69.6 Å². The zero-order valence-electron chi connectivity index (χ0n) is 11.6. The highest BCUT2D eigenvalue weighted by molar-refractivity contribution is 5.89. The number of anilines is 1. The third-order valence-corrected chi connectivity index (χ3v) is 3.66. The summed E-state index contributed by atoms with van der Waals surface area (Å²) in [6.45, 7) is 0.795. The second kappa shape index (κ2) is 6.41. The maximum Gasteiger partial charge on any atom is 0.321 e. The summed E-state index contributed by atoms with van der Waals surface area (Å²) in [5.74, 6) is -0.217. The number of carbonyl (C=O) groups excluding carboxylic acids is 1. The maximum atomic E-state index is 12.0. The highest BCUT2D eigenvalue weighted by atomic mass is 16.4. The Morgan fingerprint density at radius 2 is 1.95 bits per heavy atom. The summed E-state index contributed by atoms with van der Waals surface area (Å²) in [7, 11) is 1.80. The Morgan fingerprint density at radius 1 is 1.30 bits per heavy atom. The van der Waals surface area contributed by atoms with Crippen LogP contribution < -0.4 is 5.32 Å². The van der Waals surface area contributed by atoms with Crippen molar-refractivity contribution in [2.45, 2.75) is 25.7 Å². The lowest BCUT2D eigenvalue weighted by Crippen LogP contribution is -2.37. The van der Waals surface area contributed by atoms with Crippen LogP contribution in [0.4, 0.5) is 10.5 Å². The molecule has 2 rings (SSSR count). The van der Waals surface area contributed by atoms with Crippen molar-refractivity contribution in [1.82, 2.24) is 4.90 Å². The van der Waals surface area contributed by atoms with Crippen LogP contribution in [0.1, 0.15) is 24.8 Å². The summed E-state index contributed by atoms with van der Waals surface area (Å²) in [4.78, 5) is 24.3. The number of aliphatic carboxylic acids is 1. The van der Waals surface area contributed by atoms with Crippen molar-refractivity contribution in [3.63, 3.8) is 0 Å². The van der Waals surface area contributed by atoms with Gasteiger partial charge in [-0.3, -0.25) is 4.79 Å². The first-order valence-electron chi connectivity index (χ1n) is 6.87. The number of hydrogen-bond donors (Lipinski definition) is 2. The molecular weight excluding hydrogens is 256 g/mol. The van der Waals surface area contributed by atoms with Crippen molar-refractivity contribution in [2.75, 3.05) is 18.9 Å². The fraction of sp³-hybridized carbons (Fsp3) is 0.467. The largest absolute Gasteiger partial charge is 0.481 e. The molecule has 0 heterocycles. The van der Waals surface area contributed by atoms with Gasteiger partial charge in [-0.15, -0.1) is 0 Å². The molecule has 5 heteroatoms. The number of amides is 2. The van der Waals surface area contributed by atoms with Crippen LogP contribution in [0, 0.1) is 5.92 Å². The average molecular weight is 276 g/mol. The van der Waals surface area contributed by atoms with Gasteiger partial charge in [0.25, 0.3) is 0 Å². The smallest absolute Gasteiger partial charge is 0.321 e. The van der Waals surface area contributed by atoms with Crippen LogP contribution in [-0.4, -0.2) is 35.6 Å². The molecule has 1 fully saturated rings. The first-order valence-corrected chi connectivity index (χ1v) is 6.87. The predicted molar refractivity (Wildman–Crippen MR) is 76.8 cm³/mol. The van der Waals surface area contributed by atoms with Gasteiger partial charge < -0.3 is 15.3 Å². The van der Waals surface area contributed by atoms with Gasteiger partial charge >= 0.3 is 12.0 Å². The van der Waals surface area contributed by atoms with Crippen molar-refractivity contribution >= 4 is 17.7 Å². The summed E-state index contributed by atoms with van der Waals surface area (Å²) in [5.41, 5.74) is 1.41. The molecule has 1 aromatic carbocycles. The van der Waals surface area contributed by atoms with Gasteiger partial charge in [-0.25, -0.2) is 4.79 Å². The molecule has 2 N–H and O–H groups in total. The molecule has 0 unspecified atom stereocenters. The number of carboxylic acid groups (broad SMARTS) is 1. The van der Waals surface area contributed by atoms with Crippen LogP contribution in [-0.2, 0) is 11.2 Å². The summed E-state index contributed by atoms with van der Waals surface area (Å²) < 4.78 is 0. The first-order chi connectivity index (χ1) is 9.54. The summed E-state index contributed by atoms with van der Waals surface area (Å²) in [6.07, 6.45) is 3.68. The number of benzene rings is 1. The molecule has 0 bridgehead atoms. The summed E-state index contributed by atoms with van der Waals surface area (Å²) in [6, 6.07) is 6.77. The fourth-order valence-corrected chi connectivity index (χ4v) is 2.25. The molecular formula is C15H20N2O3. The van der Waals surface area contributed by atoms with Crippen LogP contribution >= 0.6 is 0 Å². The Kier molecular flexibility index (Phi) is 4.61. The van der Waals surface area contributed by atoms with Crippen molar-refractivity contribution in [1.29, 1.82) is 0 Å². The van der Waals surface area contributed by atoms with E-state index >= 15 is 0 Å². The van der Waals surface area contributed by atoms with Crippen molar-refractivity contribution in [3.8, 4) is 0 Å². The number of hydrogen-bond acceptors (Lipinski definition) is 2. The van der Waals surface area contributed by atoms with Crippen LogP contribution in [0.3, 0.4) is 0 Å². The summed E-state index contributed by atoms with van der Waals surface area (Å²) >= 11 is 0. The van der Waals surface area contributed by atoms with Crippen LogP contribution in [0.25, 0.3) is 0 Å². The van der Waals surface area contributed by atoms with Gasteiger partial charge in [-0.05, 0) is 36.5 Å². The van der Waals surface area contributed by atoms with Crippen LogP contribution in [0.15, 0.2) is 24.3 Å². The third-order valence-electron chi connectivity index (χ3n) is 3.66. The monoisotopic (exact) mass is 276 g/mol. The van der Waals surface area contributed by atoms with E-state index in [-0.39, 0.29) is 12.5 Å². The maximum absolute atomic E-state index is 12.0. The molecule has 0 radical (unpaired) electrons. The third kappa shape index (κ3) is 3.98. The lowest BCUT2D eigenvalue weighted by molar-refractivity contribution is -0.136. The minimum atomic E-state index is -0.859. The van der Waals surface area contributed by atoms with Crippen molar-refractivity contribution in [3.05, 3.63) is 29.8 Å². The van der Waals surface area contributed by atoms with Gasteiger partial charge in [-0.2, -0.15) is 0 Å². The minimum absolute atomic E-state index is 0.00416. The van der Waals surface area contributed by atoms with E-state index in [9.17, 15) is 9.59 Å². The molecule has 1 aliphatic rings. The lowest BCUT2D eigenvalue weighted by atomic mass is 9.85. The Morgan fingerprint density at radius 3 is 2.45 bits per heavy atom. The normalized spacial score (nSPS) is 14.4. The molecule has 1 aromatic rings. The Hall–Kier alpha value is -2.04. The summed E-state index contributed by atoms with van der Waals surface area (Å²) in [5, 5.41) is 11.5. The van der Waals surface area contributed by atoms with Gasteiger partial charge in [0.1, 0.15) is 0 Å². The molecule has 2 amide bonds. The average Bonchev–Trinajstić information content (AvgIpc) is 2.35. The van der Waals surface area contributed by atoms with Gasteiger partial charge in [0.05, 0.1) is 6.42 Å². The van der Waals surface area contributed by atoms with E-state index < -0.39 is 5.97 Å². The van der Waals surface area contributed by atoms with E-state index in [1.165, 1.54) is 19.3 Å². The number of nitrogens with one attached hydrogen (secondary N) is 1. The van der Waals surface area contributed by atoms with Gasteiger partial charge in [0, 0.05) is 19.3 Å². The van der Waals surface area contributed by atoms with E-state index in [1.54, 1.807) is 36.2 Å². The Balaban J connectivity index is 1.85. The minimum Gasteiger partial charge on any atom is -0.481 e. The number of rotatable bonds is 5. The molecule has 0 saturated heterocycles. The fourth-order valence-electron chi connectivity index (χ4n) is 2.25. The number of carbonyl (C=O) groups is 2. The molecule has 0 aliphatic heterocycles. The molecule has 20 heavy (non-hydrogen) atoms. The van der Waals surface area contributed by atoms with Crippen LogP contribution in [0.5, 0.6) is 0 Å². The Labute approximate surface area is 118 Å². The number of nitrogens with zero attached hydrogens (tertiary/aromatic N) is 1. The van der Waals surface area contributed by atoms with E-state index in [4.69, 9.17) is 5.11 Å².